The molecule has 1 aromatic heterocycles. The fourth-order valence-electron chi connectivity index (χ4n) is 2.84. The van der Waals surface area contributed by atoms with Crippen molar-refractivity contribution in [3.63, 3.8) is 0 Å². The molecule has 74 valence electrons. The van der Waals surface area contributed by atoms with Gasteiger partial charge in [-0.15, -0.1) is 0 Å². The molecule has 0 bridgehead atoms. The summed E-state index contributed by atoms with van der Waals surface area (Å²) in [6, 6.07) is 0. The second kappa shape index (κ2) is 2.19. The molecular formula is C10H12N2O2. The molecule has 2 aliphatic carbocycles. The van der Waals surface area contributed by atoms with Crippen molar-refractivity contribution in [2.24, 2.45) is 5.41 Å². The minimum absolute atomic E-state index is 0.236. The summed E-state index contributed by atoms with van der Waals surface area (Å²) in [5, 5.41) is 15.7. The standard InChI is InChI=1S/C10H12N2O2/c1-2-10-3-5-7(6(10)4-10)11-12-8(5)9(13)14/h6H,2-4H2,1H3,(H,11,12)(H,13,14)/t6-,10-/m0/s1. The topological polar surface area (TPSA) is 66.0 Å². The van der Waals surface area contributed by atoms with Crippen LogP contribution < -0.4 is 0 Å². The van der Waals surface area contributed by atoms with Gasteiger partial charge in [-0.3, -0.25) is 5.10 Å². The van der Waals surface area contributed by atoms with Crippen LogP contribution in [0.4, 0.5) is 0 Å². The van der Waals surface area contributed by atoms with Crippen LogP contribution >= 0.6 is 0 Å². The van der Waals surface area contributed by atoms with E-state index in [1.807, 2.05) is 0 Å². The van der Waals surface area contributed by atoms with Crippen molar-refractivity contribution in [3.05, 3.63) is 17.0 Å². The third-order valence-electron chi connectivity index (χ3n) is 3.87. The van der Waals surface area contributed by atoms with Crippen molar-refractivity contribution in [1.29, 1.82) is 0 Å². The Bertz CT molecular complexity index is 424. The zero-order valence-electron chi connectivity index (χ0n) is 8.00. The van der Waals surface area contributed by atoms with E-state index in [9.17, 15) is 4.79 Å². The van der Waals surface area contributed by atoms with E-state index < -0.39 is 5.97 Å². The first kappa shape index (κ1) is 8.03. The minimum Gasteiger partial charge on any atom is -0.476 e. The molecule has 3 rings (SSSR count). The van der Waals surface area contributed by atoms with Crippen LogP contribution in [0.2, 0.25) is 0 Å². The second-order valence-electron chi connectivity index (χ2n) is 4.42. The molecule has 0 saturated heterocycles. The van der Waals surface area contributed by atoms with Crippen molar-refractivity contribution < 1.29 is 9.90 Å². The van der Waals surface area contributed by atoms with E-state index >= 15 is 0 Å². The first-order chi connectivity index (χ1) is 6.68. The Hall–Kier alpha value is -1.32. The van der Waals surface area contributed by atoms with Gasteiger partial charge in [0.1, 0.15) is 0 Å². The third-order valence-corrected chi connectivity index (χ3v) is 3.87. The zero-order valence-corrected chi connectivity index (χ0v) is 8.00. The number of hydrogen-bond donors (Lipinski definition) is 2. The van der Waals surface area contributed by atoms with Crippen LogP contribution in [-0.2, 0) is 6.42 Å². The second-order valence-corrected chi connectivity index (χ2v) is 4.42. The van der Waals surface area contributed by atoms with Gasteiger partial charge >= 0.3 is 5.97 Å². The fourth-order valence-corrected chi connectivity index (χ4v) is 2.84. The van der Waals surface area contributed by atoms with Crippen molar-refractivity contribution in [2.45, 2.75) is 32.1 Å². The molecule has 1 saturated carbocycles. The number of hydrogen-bond acceptors (Lipinski definition) is 2. The van der Waals surface area contributed by atoms with Gasteiger partial charge in [-0.05, 0) is 24.7 Å². The highest BCUT2D eigenvalue weighted by molar-refractivity contribution is 5.88. The first-order valence-corrected chi connectivity index (χ1v) is 4.98. The molecule has 0 spiro atoms. The average Bonchev–Trinajstić information content (AvgIpc) is 2.57. The van der Waals surface area contributed by atoms with Crippen LogP contribution in [0.3, 0.4) is 0 Å². The number of fused-ring (bicyclic) bond motifs is 3. The third kappa shape index (κ3) is 0.744. The van der Waals surface area contributed by atoms with Crippen molar-refractivity contribution in [3.8, 4) is 0 Å². The van der Waals surface area contributed by atoms with E-state index in [-0.39, 0.29) is 5.69 Å². The molecule has 1 fully saturated rings. The summed E-state index contributed by atoms with van der Waals surface area (Å²) in [7, 11) is 0. The lowest BCUT2D eigenvalue weighted by Crippen LogP contribution is -2.05. The molecule has 0 unspecified atom stereocenters. The largest absolute Gasteiger partial charge is 0.476 e. The number of carboxylic acid groups (broad SMARTS) is 1. The number of nitrogens with zero attached hydrogens (tertiary/aromatic N) is 1. The van der Waals surface area contributed by atoms with Gasteiger partial charge in [-0.25, -0.2) is 4.79 Å². The summed E-state index contributed by atoms with van der Waals surface area (Å²) in [6.45, 7) is 2.18. The molecule has 4 nitrogen and oxygen atoms in total. The molecule has 4 heteroatoms. The maximum Gasteiger partial charge on any atom is 0.356 e. The van der Waals surface area contributed by atoms with Crippen LogP contribution in [0.15, 0.2) is 0 Å². The summed E-state index contributed by atoms with van der Waals surface area (Å²) in [4.78, 5) is 10.9. The lowest BCUT2D eigenvalue weighted by Gasteiger charge is -2.06. The summed E-state index contributed by atoms with van der Waals surface area (Å²) >= 11 is 0. The summed E-state index contributed by atoms with van der Waals surface area (Å²) in [5.74, 6) is -0.349. The molecule has 1 heterocycles. The molecule has 14 heavy (non-hydrogen) atoms. The highest BCUT2D eigenvalue weighted by atomic mass is 16.4. The van der Waals surface area contributed by atoms with E-state index in [0.717, 1.165) is 24.1 Å². The molecular weight excluding hydrogens is 180 g/mol. The molecule has 0 amide bonds. The number of rotatable bonds is 2. The van der Waals surface area contributed by atoms with Crippen molar-refractivity contribution >= 4 is 5.97 Å². The SMILES string of the molecule is CC[C@@]12Cc3c(C(=O)O)n[nH]c3[C@@H]1C2. The van der Waals surface area contributed by atoms with Crippen molar-refractivity contribution in [1.82, 2.24) is 10.2 Å². The molecule has 2 N–H and O–H groups in total. The van der Waals surface area contributed by atoms with Gasteiger partial charge in [0.15, 0.2) is 5.69 Å². The fraction of sp³-hybridized carbons (Fsp3) is 0.600. The molecule has 1 aromatic rings. The number of nitrogens with one attached hydrogen (secondary N) is 1. The molecule has 2 aliphatic rings. The highest BCUT2D eigenvalue weighted by Crippen LogP contribution is 2.68. The normalized spacial score (nSPS) is 32.5. The Kier molecular flexibility index (Phi) is 1.25. The van der Waals surface area contributed by atoms with Crippen LogP contribution in [0.25, 0.3) is 0 Å². The number of aromatic nitrogens is 2. The van der Waals surface area contributed by atoms with Gasteiger partial charge in [-0.1, -0.05) is 6.92 Å². The molecule has 2 atom stereocenters. The van der Waals surface area contributed by atoms with E-state index in [1.165, 1.54) is 6.42 Å². The quantitative estimate of drug-likeness (QED) is 0.747. The minimum atomic E-state index is -0.907. The number of aromatic carboxylic acids is 1. The summed E-state index contributed by atoms with van der Waals surface area (Å²) < 4.78 is 0. The molecule has 0 radical (unpaired) electrons. The van der Waals surface area contributed by atoms with Gasteiger partial charge in [-0.2, -0.15) is 5.10 Å². The van der Waals surface area contributed by atoms with Gasteiger partial charge in [0.2, 0.25) is 0 Å². The summed E-state index contributed by atoms with van der Waals surface area (Å²) in [6.07, 6.45) is 3.25. The smallest absolute Gasteiger partial charge is 0.356 e. The Morgan fingerprint density at radius 2 is 2.57 bits per heavy atom. The van der Waals surface area contributed by atoms with Crippen molar-refractivity contribution in [2.75, 3.05) is 0 Å². The van der Waals surface area contributed by atoms with Gasteiger partial charge < -0.3 is 5.11 Å². The highest BCUT2D eigenvalue weighted by Gasteiger charge is 2.60. The number of carboxylic acids is 1. The van der Waals surface area contributed by atoms with Gasteiger partial charge in [0.25, 0.3) is 0 Å². The zero-order chi connectivity index (χ0) is 9.92. The Labute approximate surface area is 81.3 Å². The average molecular weight is 192 g/mol. The number of aromatic amines is 1. The van der Waals surface area contributed by atoms with Crippen LogP contribution in [0.5, 0.6) is 0 Å². The van der Waals surface area contributed by atoms with E-state index in [1.54, 1.807) is 0 Å². The van der Waals surface area contributed by atoms with Crippen LogP contribution in [0, 0.1) is 5.41 Å². The van der Waals surface area contributed by atoms with Crippen LogP contribution in [0.1, 0.15) is 47.4 Å². The van der Waals surface area contributed by atoms with E-state index in [2.05, 4.69) is 17.1 Å². The van der Waals surface area contributed by atoms with E-state index in [4.69, 9.17) is 5.11 Å². The Morgan fingerprint density at radius 3 is 3.21 bits per heavy atom. The lowest BCUT2D eigenvalue weighted by molar-refractivity contribution is 0.0689. The first-order valence-electron chi connectivity index (χ1n) is 4.98. The predicted octanol–water partition coefficient (Wildman–Crippen LogP) is 1.55. The Balaban J connectivity index is 2.05. The maximum atomic E-state index is 10.9. The van der Waals surface area contributed by atoms with Crippen LogP contribution in [-0.4, -0.2) is 21.3 Å². The monoisotopic (exact) mass is 192 g/mol. The summed E-state index contributed by atoms with van der Waals surface area (Å²) in [5.41, 5.74) is 2.66. The number of H-pyrrole nitrogens is 1. The lowest BCUT2D eigenvalue weighted by atomic mass is 9.98. The van der Waals surface area contributed by atoms with Gasteiger partial charge in [0, 0.05) is 17.2 Å². The molecule has 0 aromatic carbocycles. The molecule has 0 aliphatic heterocycles. The number of carbonyl (C=O) groups is 1. The maximum absolute atomic E-state index is 10.9. The van der Waals surface area contributed by atoms with Gasteiger partial charge in [0.05, 0.1) is 0 Å². The Morgan fingerprint density at radius 1 is 1.79 bits per heavy atom. The van der Waals surface area contributed by atoms with E-state index in [0.29, 0.717) is 11.3 Å². The predicted molar refractivity (Wildman–Crippen MR) is 49.3 cm³/mol.